The van der Waals surface area contributed by atoms with Gasteiger partial charge in [-0.1, -0.05) is 54.6 Å². The molecule has 0 radical (unpaired) electrons. The molecule has 2 aromatic rings. The van der Waals surface area contributed by atoms with Crippen molar-refractivity contribution >= 4 is 21.6 Å². The Morgan fingerprint density at radius 1 is 0.789 bits per heavy atom. The van der Waals surface area contributed by atoms with Gasteiger partial charge < -0.3 is 0 Å². The fraction of sp³-hybridized carbons (Fsp3) is 0. The second-order valence-electron chi connectivity index (χ2n) is 4.52. The first-order valence-corrected chi connectivity index (χ1v) is 7.07. The summed E-state index contributed by atoms with van der Waals surface area (Å²) in [5, 5.41) is 1.26. The fourth-order valence-electron chi connectivity index (χ4n) is 2.37. The summed E-state index contributed by atoms with van der Waals surface area (Å²) in [6.45, 7) is 0. The summed E-state index contributed by atoms with van der Waals surface area (Å²) in [5.41, 5.74) is 3.57. The van der Waals surface area contributed by atoms with E-state index in [9.17, 15) is 0 Å². The number of aromatic nitrogens is 1. The van der Waals surface area contributed by atoms with Crippen LogP contribution in [-0.4, -0.2) is 4.98 Å². The molecule has 19 heavy (non-hydrogen) atoms. The molecule has 1 nitrogen and oxygen atoms in total. The molecule has 4 rings (SSSR count). The van der Waals surface area contributed by atoms with Gasteiger partial charge in [0.05, 0.1) is 5.69 Å². The minimum Gasteiger partial charge on any atom is -0.237 e. The summed E-state index contributed by atoms with van der Waals surface area (Å²) in [6.07, 6.45) is 0. The van der Waals surface area contributed by atoms with Crippen LogP contribution in [0, 0.1) is 0 Å². The minimum atomic E-state index is 1.07. The van der Waals surface area contributed by atoms with E-state index >= 15 is 0 Å². The van der Waals surface area contributed by atoms with Crippen molar-refractivity contribution in [3.63, 3.8) is 0 Å². The highest BCUT2D eigenvalue weighted by molar-refractivity contribution is 7.22. The second-order valence-corrected chi connectivity index (χ2v) is 5.55. The van der Waals surface area contributed by atoms with Crippen molar-refractivity contribution in [3.8, 4) is 21.7 Å². The summed E-state index contributed by atoms with van der Waals surface area (Å²) >= 11 is 1.76. The molecule has 2 heteroatoms. The van der Waals surface area contributed by atoms with Gasteiger partial charge in [0.15, 0.2) is 0 Å². The van der Waals surface area contributed by atoms with Crippen LogP contribution < -0.4 is 0 Å². The molecule has 0 atom stereocenters. The van der Waals surface area contributed by atoms with Gasteiger partial charge in [-0.05, 0) is 17.7 Å². The van der Waals surface area contributed by atoms with E-state index in [4.69, 9.17) is 4.98 Å². The van der Waals surface area contributed by atoms with Gasteiger partial charge >= 0.3 is 0 Å². The van der Waals surface area contributed by atoms with Crippen LogP contribution in [0.2, 0.25) is 0 Å². The van der Waals surface area contributed by atoms with Crippen molar-refractivity contribution in [2.24, 2.45) is 0 Å². The van der Waals surface area contributed by atoms with Gasteiger partial charge in [-0.3, -0.25) is 0 Å². The van der Waals surface area contributed by atoms with Crippen molar-refractivity contribution in [2.75, 3.05) is 0 Å². The Balaban J connectivity index is 1.98. The smallest absolute Gasteiger partial charge is 0.125 e. The summed E-state index contributed by atoms with van der Waals surface area (Å²) < 4.78 is 0. The minimum absolute atomic E-state index is 1.07. The van der Waals surface area contributed by atoms with E-state index in [-0.39, 0.29) is 0 Å². The first kappa shape index (κ1) is 10.7. The predicted octanol–water partition coefficient (Wildman–Crippen LogP) is 5.07. The van der Waals surface area contributed by atoms with Crippen LogP contribution in [0.15, 0.2) is 66.7 Å². The van der Waals surface area contributed by atoms with Gasteiger partial charge in [0, 0.05) is 15.8 Å². The topological polar surface area (TPSA) is 12.9 Å². The lowest BCUT2D eigenvalue weighted by Crippen LogP contribution is -1.71. The predicted molar refractivity (Wildman–Crippen MR) is 81.7 cm³/mol. The van der Waals surface area contributed by atoms with Crippen LogP contribution in [0.3, 0.4) is 0 Å². The summed E-state index contributed by atoms with van der Waals surface area (Å²) in [4.78, 5) is 7.13. The maximum absolute atomic E-state index is 4.72. The van der Waals surface area contributed by atoms with Gasteiger partial charge in [-0.2, -0.15) is 0 Å². The largest absolute Gasteiger partial charge is 0.237 e. The molecule has 0 unspecified atom stereocenters. The lowest BCUT2D eigenvalue weighted by atomic mass is 10.1. The van der Waals surface area contributed by atoms with Crippen LogP contribution >= 0.6 is 11.3 Å². The molecule has 0 fully saturated rings. The van der Waals surface area contributed by atoms with E-state index in [1.54, 1.807) is 11.3 Å². The average molecular weight is 261 g/mol. The molecule has 2 aliphatic rings. The van der Waals surface area contributed by atoms with Crippen molar-refractivity contribution in [1.29, 1.82) is 0 Å². The summed E-state index contributed by atoms with van der Waals surface area (Å²) in [6, 6.07) is 23.1. The molecule has 1 aliphatic carbocycles. The lowest BCUT2D eigenvalue weighted by Gasteiger charge is -1.95. The monoisotopic (exact) mass is 261 g/mol. The maximum Gasteiger partial charge on any atom is 0.125 e. The Hall–Kier alpha value is -2.19. The molecule has 2 heterocycles. The molecule has 0 N–H and O–H groups in total. The van der Waals surface area contributed by atoms with Gasteiger partial charge in [0.2, 0.25) is 0 Å². The summed E-state index contributed by atoms with van der Waals surface area (Å²) in [5.74, 6) is 0. The second kappa shape index (κ2) is 4.18. The van der Waals surface area contributed by atoms with E-state index in [1.165, 1.54) is 21.4 Å². The highest BCUT2D eigenvalue weighted by atomic mass is 32.1. The first-order valence-electron chi connectivity index (χ1n) is 6.25. The molecular weight excluding hydrogens is 250 g/mol. The van der Waals surface area contributed by atoms with Gasteiger partial charge in [0.1, 0.15) is 4.83 Å². The van der Waals surface area contributed by atoms with Crippen molar-refractivity contribution in [3.05, 3.63) is 66.7 Å². The van der Waals surface area contributed by atoms with E-state index in [0.717, 1.165) is 10.5 Å². The highest BCUT2D eigenvalue weighted by Crippen LogP contribution is 2.39. The van der Waals surface area contributed by atoms with E-state index in [2.05, 4.69) is 48.5 Å². The Bertz CT molecular complexity index is 817. The maximum atomic E-state index is 4.72. The van der Waals surface area contributed by atoms with Gasteiger partial charge in [-0.15, -0.1) is 11.3 Å². The Morgan fingerprint density at radius 2 is 1.53 bits per heavy atom. The Labute approximate surface area is 115 Å². The number of hydrogen-bond acceptors (Lipinski definition) is 2. The number of benzene rings is 1. The zero-order valence-corrected chi connectivity index (χ0v) is 11.0. The van der Waals surface area contributed by atoms with Crippen LogP contribution in [-0.2, 0) is 0 Å². The van der Waals surface area contributed by atoms with Crippen molar-refractivity contribution < 1.29 is 0 Å². The highest BCUT2D eigenvalue weighted by Gasteiger charge is 2.14. The summed E-state index contributed by atoms with van der Waals surface area (Å²) in [7, 11) is 0. The number of fused-ring (bicyclic) bond motifs is 3. The average Bonchev–Trinajstić information content (AvgIpc) is 2.90. The van der Waals surface area contributed by atoms with Crippen molar-refractivity contribution in [2.45, 2.75) is 0 Å². The van der Waals surface area contributed by atoms with Gasteiger partial charge in [0.25, 0.3) is 0 Å². The standard InChI is InChI=1S/C17H11NS/c1-3-7-12(8-4-1)16-11-14-13-9-5-2-6-10-15(13)18-17(14)19-16/h1-11H. The van der Waals surface area contributed by atoms with Gasteiger partial charge in [-0.25, -0.2) is 4.98 Å². The normalized spacial score (nSPS) is 11.2. The Kier molecular flexibility index (Phi) is 2.35. The van der Waals surface area contributed by atoms with Crippen molar-refractivity contribution in [1.82, 2.24) is 4.98 Å². The lowest BCUT2D eigenvalue weighted by molar-refractivity contribution is 1.50. The van der Waals surface area contributed by atoms with Crippen LogP contribution in [0.4, 0.5) is 0 Å². The van der Waals surface area contributed by atoms with Crippen LogP contribution in [0.5, 0.6) is 0 Å². The zero-order chi connectivity index (χ0) is 12.7. The fourth-order valence-corrected chi connectivity index (χ4v) is 3.44. The molecule has 0 bridgehead atoms. The molecule has 0 spiro atoms. The first-order chi connectivity index (χ1) is 9.42. The molecule has 1 aromatic heterocycles. The third-order valence-electron chi connectivity index (χ3n) is 3.30. The van der Waals surface area contributed by atoms with E-state index in [1.807, 2.05) is 18.2 Å². The van der Waals surface area contributed by atoms with E-state index in [0.29, 0.717) is 0 Å². The number of rotatable bonds is 1. The van der Waals surface area contributed by atoms with E-state index < -0.39 is 0 Å². The molecular formula is C17H11NS. The van der Waals surface area contributed by atoms with Crippen LogP contribution in [0.25, 0.3) is 31.9 Å². The number of thiophene rings is 1. The SMILES string of the molecule is c1ccc(-c2cc3c4cccccc-4nc3s2)cc1. The molecule has 0 saturated heterocycles. The molecule has 1 aromatic carbocycles. The zero-order valence-electron chi connectivity index (χ0n) is 10.2. The Morgan fingerprint density at radius 3 is 2.37 bits per heavy atom. The molecule has 0 saturated carbocycles. The number of nitrogens with zero attached hydrogens (tertiary/aromatic N) is 1. The number of hydrogen-bond donors (Lipinski definition) is 0. The third kappa shape index (κ3) is 1.72. The van der Waals surface area contributed by atoms with Crippen LogP contribution in [0.1, 0.15) is 0 Å². The molecule has 0 amide bonds. The quantitative estimate of drug-likeness (QED) is 0.466. The third-order valence-corrected chi connectivity index (χ3v) is 4.38. The molecule has 1 aliphatic heterocycles. The molecule has 90 valence electrons.